The average Bonchev–Trinajstić information content (AvgIpc) is 3.03. The molecule has 1 aromatic heterocycles. The third-order valence-corrected chi connectivity index (χ3v) is 5.68. The van der Waals surface area contributed by atoms with Gasteiger partial charge in [0.05, 0.1) is 18.8 Å². The summed E-state index contributed by atoms with van der Waals surface area (Å²) in [7, 11) is 0. The number of nitrogens with one attached hydrogen (secondary N) is 1. The molecule has 0 radical (unpaired) electrons. The smallest absolute Gasteiger partial charge is 0.350 e. The van der Waals surface area contributed by atoms with Crippen LogP contribution in [0, 0.1) is 12.7 Å². The van der Waals surface area contributed by atoms with Gasteiger partial charge in [-0.2, -0.15) is 0 Å². The zero-order valence-corrected chi connectivity index (χ0v) is 17.4. The van der Waals surface area contributed by atoms with E-state index in [4.69, 9.17) is 4.74 Å². The second-order valence-electron chi connectivity index (χ2n) is 6.88. The normalized spacial score (nSPS) is 15.3. The number of carbonyl (C=O) groups excluding carboxylic acids is 2. The summed E-state index contributed by atoms with van der Waals surface area (Å²) >= 11 is 1.13. The summed E-state index contributed by atoms with van der Waals surface area (Å²) in [5, 5.41) is 3.17. The van der Waals surface area contributed by atoms with Crippen LogP contribution in [-0.4, -0.2) is 66.0 Å². The molecule has 1 aliphatic rings. The van der Waals surface area contributed by atoms with Crippen molar-refractivity contribution in [3.63, 3.8) is 0 Å². The number of aryl methyl sites for hydroxylation is 1. The molecule has 1 aliphatic heterocycles. The molecule has 2 aromatic rings. The van der Waals surface area contributed by atoms with Crippen LogP contribution < -0.4 is 5.32 Å². The van der Waals surface area contributed by atoms with Crippen molar-refractivity contribution in [3.8, 4) is 0 Å². The number of hydrogen-bond acceptors (Lipinski definition) is 7. The number of rotatable bonds is 7. The monoisotopic (exact) mass is 420 g/mol. The third kappa shape index (κ3) is 6.06. The lowest BCUT2D eigenvalue weighted by atomic mass is 10.2. The number of halogens is 1. The SMILES string of the molecule is CCOC(=O)c1sc(NC(=O)CN2CCN(Cc3cccc(F)c3)CC2)nc1C. The Bertz CT molecular complexity index is 865. The maximum Gasteiger partial charge on any atom is 0.350 e. The van der Waals surface area contributed by atoms with Gasteiger partial charge in [0.1, 0.15) is 10.7 Å². The van der Waals surface area contributed by atoms with E-state index in [9.17, 15) is 14.0 Å². The van der Waals surface area contributed by atoms with E-state index in [0.29, 0.717) is 28.9 Å². The summed E-state index contributed by atoms with van der Waals surface area (Å²) in [5.41, 5.74) is 1.50. The second-order valence-corrected chi connectivity index (χ2v) is 7.88. The fourth-order valence-electron chi connectivity index (χ4n) is 3.20. The Kier molecular flexibility index (Phi) is 7.29. The molecule has 0 atom stereocenters. The Morgan fingerprint density at radius 1 is 1.24 bits per heavy atom. The molecular formula is C20H25FN4O3S. The van der Waals surface area contributed by atoms with Gasteiger partial charge in [-0.1, -0.05) is 23.5 Å². The largest absolute Gasteiger partial charge is 0.462 e. The molecule has 9 heteroatoms. The molecule has 156 valence electrons. The summed E-state index contributed by atoms with van der Waals surface area (Å²) in [6, 6.07) is 6.64. The van der Waals surface area contributed by atoms with E-state index in [-0.39, 0.29) is 18.3 Å². The van der Waals surface area contributed by atoms with Gasteiger partial charge >= 0.3 is 5.97 Å². The first-order chi connectivity index (χ1) is 13.9. The number of hydrogen-bond donors (Lipinski definition) is 1. The highest BCUT2D eigenvalue weighted by Gasteiger charge is 2.21. The molecule has 1 aromatic carbocycles. The van der Waals surface area contributed by atoms with Crippen molar-refractivity contribution in [1.82, 2.24) is 14.8 Å². The lowest BCUT2D eigenvalue weighted by Gasteiger charge is -2.34. The summed E-state index contributed by atoms with van der Waals surface area (Å²) in [6.45, 7) is 7.86. The minimum Gasteiger partial charge on any atom is -0.462 e. The first kappa shape index (κ1) is 21.4. The molecule has 0 unspecified atom stereocenters. The van der Waals surface area contributed by atoms with E-state index in [1.54, 1.807) is 26.0 Å². The molecule has 0 spiro atoms. The van der Waals surface area contributed by atoms with Gasteiger partial charge in [0.2, 0.25) is 5.91 Å². The Balaban J connectivity index is 1.45. The van der Waals surface area contributed by atoms with Gasteiger partial charge < -0.3 is 10.1 Å². The van der Waals surface area contributed by atoms with Gasteiger partial charge in [-0.15, -0.1) is 0 Å². The van der Waals surface area contributed by atoms with Crippen molar-refractivity contribution >= 4 is 28.3 Å². The average molecular weight is 421 g/mol. The van der Waals surface area contributed by atoms with Gasteiger partial charge in [-0.3, -0.25) is 14.6 Å². The lowest BCUT2D eigenvalue weighted by Crippen LogP contribution is -2.48. The van der Waals surface area contributed by atoms with E-state index in [1.165, 1.54) is 6.07 Å². The van der Waals surface area contributed by atoms with Crippen LogP contribution in [0.25, 0.3) is 0 Å². The van der Waals surface area contributed by atoms with Crippen LogP contribution in [0.1, 0.15) is 27.9 Å². The number of carbonyl (C=O) groups is 2. The highest BCUT2D eigenvalue weighted by Crippen LogP contribution is 2.23. The standard InChI is InChI=1S/C20H25FN4O3S/c1-3-28-19(27)18-14(2)22-20(29-18)23-17(26)13-25-9-7-24(8-10-25)12-15-5-4-6-16(21)11-15/h4-6,11H,3,7-10,12-13H2,1-2H3,(H,22,23,26). The van der Waals surface area contributed by atoms with E-state index in [0.717, 1.165) is 43.1 Å². The molecule has 2 heterocycles. The molecule has 0 aliphatic carbocycles. The Morgan fingerprint density at radius 2 is 1.97 bits per heavy atom. The van der Waals surface area contributed by atoms with Crippen LogP contribution in [0.2, 0.25) is 0 Å². The van der Waals surface area contributed by atoms with Crippen molar-refractivity contribution in [1.29, 1.82) is 0 Å². The summed E-state index contributed by atoms with van der Waals surface area (Å²) in [4.78, 5) is 33.2. The van der Waals surface area contributed by atoms with Crippen LogP contribution in [-0.2, 0) is 16.1 Å². The van der Waals surface area contributed by atoms with Crippen molar-refractivity contribution < 1.29 is 18.7 Å². The number of ether oxygens (including phenoxy) is 1. The number of thiazole rings is 1. The number of benzene rings is 1. The van der Waals surface area contributed by atoms with Crippen molar-refractivity contribution in [2.24, 2.45) is 0 Å². The predicted molar refractivity (Wildman–Crippen MR) is 110 cm³/mol. The first-order valence-corrected chi connectivity index (χ1v) is 10.4. The molecule has 0 bridgehead atoms. The summed E-state index contributed by atoms with van der Waals surface area (Å²) < 4.78 is 18.3. The van der Waals surface area contributed by atoms with Gasteiger partial charge in [0, 0.05) is 32.7 Å². The number of anilines is 1. The second kappa shape index (κ2) is 9.91. The molecule has 1 N–H and O–H groups in total. The fourth-order valence-corrected chi connectivity index (χ4v) is 4.07. The maximum atomic E-state index is 13.3. The minimum atomic E-state index is -0.419. The quantitative estimate of drug-likeness (QED) is 0.694. The highest BCUT2D eigenvalue weighted by atomic mass is 32.1. The fraction of sp³-hybridized carbons (Fsp3) is 0.450. The Hall–Kier alpha value is -2.36. The number of aromatic nitrogens is 1. The third-order valence-electron chi connectivity index (χ3n) is 4.63. The van der Waals surface area contributed by atoms with Crippen molar-refractivity contribution in [2.75, 3.05) is 44.6 Å². The molecule has 1 amide bonds. The summed E-state index contributed by atoms with van der Waals surface area (Å²) in [6.07, 6.45) is 0. The van der Waals surface area contributed by atoms with Crippen LogP contribution in [0.15, 0.2) is 24.3 Å². The molecule has 29 heavy (non-hydrogen) atoms. The lowest BCUT2D eigenvalue weighted by molar-refractivity contribution is -0.117. The van der Waals surface area contributed by atoms with Crippen LogP contribution in [0.3, 0.4) is 0 Å². The van der Waals surface area contributed by atoms with E-state index < -0.39 is 5.97 Å². The number of amides is 1. The zero-order valence-electron chi connectivity index (χ0n) is 16.6. The van der Waals surface area contributed by atoms with E-state index in [2.05, 4.69) is 20.1 Å². The molecule has 0 saturated carbocycles. The molecule has 1 fully saturated rings. The minimum absolute atomic E-state index is 0.160. The van der Waals surface area contributed by atoms with E-state index in [1.807, 2.05) is 6.07 Å². The van der Waals surface area contributed by atoms with Gasteiger partial charge in [-0.25, -0.2) is 14.2 Å². The maximum absolute atomic E-state index is 13.3. The number of nitrogens with zero attached hydrogens (tertiary/aromatic N) is 3. The first-order valence-electron chi connectivity index (χ1n) is 9.58. The number of piperazine rings is 1. The Morgan fingerprint density at radius 3 is 2.66 bits per heavy atom. The van der Waals surface area contributed by atoms with Crippen LogP contribution in [0.5, 0.6) is 0 Å². The molecular weight excluding hydrogens is 395 g/mol. The van der Waals surface area contributed by atoms with Gasteiger partial charge in [0.25, 0.3) is 0 Å². The molecule has 7 nitrogen and oxygen atoms in total. The van der Waals surface area contributed by atoms with Gasteiger partial charge in [-0.05, 0) is 31.5 Å². The Labute approximate surface area is 173 Å². The molecule has 1 saturated heterocycles. The van der Waals surface area contributed by atoms with Crippen LogP contribution >= 0.6 is 11.3 Å². The van der Waals surface area contributed by atoms with Crippen LogP contribution in [0.4, 0.5) is 9.52 Å². The van der Waals surface area contributed by atoms with E-state index >= 15 is 0 Å². The van der Waals surface area contributed by atoms with Gasteiger partial charge in [0.15, 0.2) is 5.13 Å². The number of esters is 1. The van der Waals surface area contributed by atoms with Crippen molar-refractivity contribution in [2.45, 2.75) is 20.4 Å². The predicted octanol–water partition coefficient (Wildman–Crippen LogP) is 2.52. The summed E-state index contributed by atoms with van der Waals surface area (Å²) in [5.74, 6) is -0.800. The molecule has 3 rings (SSSR count). The van der Waals surface area contributed by atoms with Crippen molar-refractivity contribution in [3.05, 3.63) is 46.2 Å². The zero-order chi connectivity index (χ0) is 20.8. The topological polar surface area (TPSA) is 74.8 Å². The highest BCUT2D eigenvalue weighted by molar-refractivity contribution is 7.17.